The number of aromatic nitrogens is 2. The smallest absolute Gasteiger partial charge is 0.305 e. The van der Waals surface area contributed by atoms with Crippen LogP contribution in [-0.2, 0) is 19.6 Å². The van der Waals surface area contributed by atoms with E-state index in [1.165, 1.54) is 52.3 Å². The Morgan fingerprint density at radius 3 is 2.26 bits per heavy atom. The number of methoxy groups -OCH3 is 2. The van der Waals surface area contributed by atoms with Crippen LogP contribution in [0.1, 0.15) is 19.7 Å². The highest BCUT2D eigenvalue weighted by Crippen LogP contribution is 2.38. The normalized spacial score (nSPS) is 11.8. The zero-order chi connectivity index (χ0) is 25.6. The Balaban J connectivity index is 2.06. The van der Waals surface area contributed by atoms with Crippen molar-refractivity contribution in [3.05, 3.63) is 54.4 Å². The third-order valence-electron chi connectivity index (χ3n) is 4.42. The number of carbonyl (C=O) groups is 1. The van der Waals surface area contributed by atoms with E-state index in [2.05, 4.69) is 14.7 Å². The maximum Gasteiger partial charge on any atom is 0.305 e. The molecule has 1 heterocycles. The Kier molecular flexibility index (Phi) is 7.97. The van der Waals surface area contributed by atoms with Crippen LogP contribution in [0.2, 0.25) is 0 Å². The molecule has 0 bridgehead atoms. The Morgan fingerprint density at radius 1 is 0.971 bits per heavy atom. The van der Waals surface area contributed by atoms with Gasteiger partial charge in [-0.25, -0.2) is 13.4 Å². The summed E-state index contributed by atoms with van der Waals surface area (Å²) in [6.45, 7) is 4.26. The molecule has 0 aliphatic rings. The summed E-state index contributed by atoms with van der Waals surface area (Å²) in [7, 11) is -1.11. The Labute approximate surface area is 203 Å². The van der Waals surface area contributed by atoms with Gasteiger partial charge in [0.25, 0.3) is 15.9 Å². The first kappa shape index (κ1) is 25.6. The van der Waals surface area contributed by atoms with Gasteiger partial charge in [0.2, 0.25) is 12.0 Å². The fourth-order valence-electron chi connectivity index (χ4n) is 2.92. The van der Waals surface area contributed by atoms with E-state index in [0.717, 1.165) is 0 Å². The highest BCUT2D eigenvalue weighted by Gasteiger charge is 2.25. The van der Waals surface area contributed by atoms with Crippen LogP contribution in [0.4, 0.5) is 5.82 Å². The van der Waals surface area contributed by atoms with Crippen LogP contribution in [-0.4, -0.2) is 44.9 Å². The Morgan fingerprint density at radius 2 is 1.63 bits per heavy atom. The minimum Gasteiger partial charge on any atom is -0.497 e. The summed E-state index contributed by atoms with van der Waals surface area (Å²) < 4.78 is 55.5. The van der Waals surface area contributed by atoms with Crippen molar-refractivity contribution in [1.29, 1.82) is 0 Å². The van der Waals surface area contributed by atoms with Crippen LogP contribution in [0.3, 0.4) is 0 Å². The van der Waals surface area contributed by atoms with Crippen molar-refractivity contribution >= 4 is 21.8 Å². The zero-order valence-corrected chi connectivity index (χ0v) is 20.6. The quantitative estimate of drug-likeness (QED) is 0.322. The predicted molar refractivity (Wildman–Crippen MR) is 125 cm³/mol. The first-order chi connectivity index (χ1) is 16.6. The van der Waals surface area contributed by atoms with Crippen LogP contribution < -0.4 is 23.7 Å². The largest absolute Gasteiger partial charge is 0.497 e. The number of benzene rings is 2. The summed E-state index contributed by atoms with van der Waals surface area (Å²) >= 11 is 0. The molecule has 11 nitrogen and oxygen atoms in total. The number of sulfonamides is 1. The molecule has 1 atom stereocenters. The summed E-state index contributed by atoms with van der Waals surface area (Å²) in [4.78, 5) is 19.7. The maximum atomic E-state index is 13.1. The van der Waals surface area contributed by atoms with Gasteiger partial charge in [-0.2, -0.15) is 4.98 Å². The molecule has 1 N–H and O–H groups in total. The molecule has 3 aromatic rings. The summed E-state index contributed by atoms with van der Waals surface area (Å²) in [5.74, 6) is 0.458. The number of carbonyl (C=O) groups excluding carboxylic acids is 1. The average Bonchev–Trinajstić information content (AvgIpc) is 2.80. The second-order valence-corrected chi connectivity index (χ2v) is 8.79. The molecule has 0 fully saturated rings. The number of hydrogen-bond acceptors (Lipinski definition) is 10. The van der Waals surface area contributed by atoms with Gasteiger partial charge in [0.1, 0.15) is 23.1 Å². The first-order valence-corrected chi connectivity index (χ1v) is 11.8. The molecule has 0 saturated carbocycles. The monoisotopic (exact) mass is 503 g/mol. The number of ether oxygens (including phenoxy) is 5. The minimum absolute atomic E-state index is 0.0300. The van der Waals surface area contributed by atoms with Crippen LogP contribution in [0.5, 0.6) is 28.9 Å². The van der Waals surface area contributed by atoms with E-state index in [4.69, 9.17) is 23.7 Å². The maximum absolute atomic E-state index is 13.1. The molecule has 3 rings (SSSR count). The molecular weight excluding hydrogens is 478 g/mol. The number of nitrogens with zero attached hydrogens (tertiary/aromatic N) is 2. The van der Waals surface area contributed by atoms with Crippen molar-refractivity contribution in [3.63, 3.8) is 0 Å². The van der Waals surface area contributed by atoms with Crippen molar-refractivity contribution in [1.82, 2.24) is 9.97 Å². The Hall–Kier alpha value is -4.06. The van der Waals surface area contributed by atoms with Crippen LogP contribution in [0, 0.1) is 6.92 Å². The molecule has 0 saturated heterocycles. The average molecular weight is 504 g/mol. The van der Waals surface area contributed by atoms with Crippen LogP contribution in [0.15, 0.2) is 53.4 Å². The number of anilines is 1. The van der Waals surface area contributed by atoms with E-state index in [1.807, 2.05) is 0 Å². The van der Waals surface area contributed by atoms with E-state index < -0.39 is 22.3 Å². The summed E-state index contributed by atoms with van der Waals surface area (Å²) in [6, 6.07) is 12.4. The number of hydrogen-bond donors (Lipinski definition) is 1. The van der Waals surface area contributed by atoms with E-state index in [0.29, 0.717) is 17.2 Å². The topological polar surface area (TPSA) is 135 Å². The third-order valence-corrected chi connectivity index (χ3v) is 5.77. The molecule has 0 aliphatic heterocycles. The fourth-order valence-corrected chi connectivity index (χ4v) is 3.92. The number of aryl methyl sites for hydroxylation is 1. The third kappa shape index (κ3) is 6.73. The molecule has 0 spiro atoms. The highest BCUT2D eigenvalue weighted by atomic mass is 32.2. The van der Waals surface area contributed by atoms with Gasteiger partial charge in [-0.15, -0.1) is 0 Å². The van der Waals surface area contributed by atoms with Crippen molar-refractivity contribution in [2.75, 3.05) is 18.9 Å². The molecular formula is C23H25N3O8S. The predicted octanol–water partition coefficient (Wildman–Crippen LogP) is 3.68. The van der Waals surface area contributed by atoms with E-state index in [-0.39, 0.29) is 28.2 Å². The van der Waals surface area contributed by atoms with E-state index >= 15 is 0 Å². The number of esters is 1. The molecule has 0 radical (unpaired) electrons. The van der Waals surface area contributed by atoms with Gasteiger partial charge in [0.15, 0.2) is 5.82 Å². The SMILES string of the molecule is COc1ccc(S(=O)(=O)Nc2nc(C)nc(OC(C)OC(C)=O)c2Oc2cccc(OC)c2)cc1. The second-order valence-electron chi connectivity index (χ2n) is 7.11. The number of rotatable bonds is 10. The van der Waals surface area contributed by atoms with E-state index in [9.17, 15) is 13.2 Å². The van der Waals surface area contributed by atoms with Crippen molar-refractivity contribution in [2.45, 2.75) is 32.0 Å². The van der Waals surface area contributed by atoms with Crippen molar-refractivity contribution in [2.24, 2.45) is 0 Å². The lowest BCUT2D eigenvalue weighted by Crippen LogP contribution is -2.21. The lowest BCUT2D eigenvalue weighted by atomic mass is 10.3. The van der Waals surface area contributed by atoms with Gasteiger partial charge >= 0.3 is 5.97 Å². The summed E-state index contributed by atoms with van der Waals surface area (Å²) in [5, 5.41) is 0. The highest BCUT2D eigenvalue weighted by molar-refractivity contribution is 7.92. The number of nitrogens with one attached hydrogen (secondary N) is 1. The minimum atomic E-state index is -4.09. The van der Waals surface area contributed by atoms with E-state index in [1.54, 1.807) is 31.2 Å². The van der Waals surface area contributed by atoms with Crippen LogP contribution >= 0.6 is 0 Å². The molecule has 0 aliphatic carbocycles. The molecule has 1 unspecified atom stereocenters. The van der Waals surface area contributed by atoms with Crippen molar-refractivity contribution in [3.8, 4) is 28.9 Å². The lowest BCUT2D eigenvalue weighted by Gasteiger charge is -2.19. The lowest BCUT2D eigenvalue weighted by molar-refractivity contribution is -0.158. The second kappa shape index (κ2) is 10.9. The van der Waals surface area contributed by atoms with Gasteiger partial charge in [-0.1, -0.05) is 6.07 Å². The fraction of sp³-hybridized carbons (Fsp3) is 0.261. The zero-order valence-electron chi connectivity index (χ0n) is 19.8. The summed E-state index contributed by atoms with van der Waals surface area (Å²) in [5.41, 5.74) is 0. The molecule has 35 heavy (non-hydrogen) atoms. The summed E-state index contributed by atoms with van der Waals surface area (Å²) in [6.07, 6.45) is -1.04. The van der Waals surface area contributed by atoms with Gasteiger partial charge in [0.05, 0.1) is 19.1 Å². The van der Waals surface area contributed by atoms with Crippen molar-refractivity contribution < 1.29 is 36.9 Å². The standard InChI is InChI=1S/C23H25N3O8S/c1-14-24-22(26-35(28,29)20-11-9-17(30-4)10-12-20)21(23(25-14)33-16(3)32-15(2)27)34-19-8-6-7-18(13-19)31-5/h6-13,16H,1-5H3,(H,24,25,26). The van der Waals surface area contributed by atoms with Crippen LogP contribution in [0.25, 0.3) is 0 Å². The molecule has 12 heteroatoms. The molecule has 0 amide bonds. The van der Waals surface area contributed by atoms with Gasteiger partial charge in [0, 0.05) is 19.9 Å². The van der Waals surface area contributed by atoms with Gasteiger partial charge in [-0.3, -0.25) is 9.52 Å². The Bertz CT molecular complexity index is 1300. The molecule has 186 valence electrons. The molecule has 2 aromatic carbocycles. The first-order valence-electron chi connectivity index (χ1n) is 10.3. The molecule has 1 aromatic heterocycles. The van der Waals surface area contributed by atoms with Gasteiger partial charge in [-0.05, 0) is 43.3 Å². The van der Waals surface area contributed by atoms with Gasteiger partial charge < -0.3 is 23.7 Å².